The molecule has 0 fully saturated rings. The van der Waals surface area contributed by atoms with E-state index in [0.29, 0.717) is 0 Å². The van der Waals surface area contributed by atoms with Gasteiger partial charge in [0.2, 0.25) is 0 Å². The molecular formula is C50H33N. The van der Waals surface area contributed by atoms with Crippen LogP contribution in [0.3, 0.4) is 0 Å². The summed E-state index contributed by atoms with van der Waals surface area (Å²) < 4.78 is 0. The van der Waals surface area contributed by atoms with Crippen molar-refractivity contribution in [2.24, 2.45) is 0 Å². The summed E-state index contributed by atoms with van der Waals surface area (Å²) >= 11 is 0. The van der Waals surface area contributed by atoms with Crippen molar-refractivity contribution in [1.29, 1.82) is 0 Å². The Morgan fingerprint density at radius 1 is 0.255 bits per heavy atom. The molecule has 0 aliphatic heterocycles. The van der Waals surface area contributed by atoms with Gasteiger partial charge in [-0.15, -0.1) is 0 Å². The van der Waals surface area contributed by atoms with E-state index < -0.39 is 0 Å². The molecule has 1 heteroatoms. The van der Waals surface area contributed by atoms with Crippen LogP contribution in [0.25, 0.3) is 76.1 Å². The Hall–Kier alpha value is -6.70. The Balaban J connectivity index is 1.16. The maximum absolute atomic E-state index is 2.43. The number of hydrogen-bond acceptors (Lipinski definition) is 1. The number of hydrogen-bond donors (Lipinski definition) is 0. The highest BCUT2D eigenvalue weighted by Gasteiger charge is 2.18. The maximum Gasteiger partial charge on any atom is 0.0546 e. The summed E-state index contributed by atoms with van der Waals surface area (Å²) in [6.07, 6.45) is 0. The van der Waals surface area contributed by atoms with E-state index in [1.54, 1.807) is 0 Å². The van der Waals surface area contributed by atoms with Crippen LogP contribution in [0.4, 0.5) is 17.1 Å². The number of rotatable bonds is 5. The molecule has 0 saturated carbocycles. The van der Waals surface area contributed by atoms with Gasteiger partial charge in [-0.05, 0) is 107 Å². The highest BCUT2D eigenvalue weighted by Crippen LogP contribution is 2.44. The Morgan fingerprint density at radius 2 is 0.824 bits per heavy atom. The van der Waals surface area contributed by atoms with Crippen LogP contribution >= 0.6 is 0 Å². The van der Waals surface area contributed by atoms with Gasteiger partial charge >= 0.3 is 0 Å². The third-order valence-electron chi connectivity index (χ3n) is 10.4. The molecule has 0 unspecified atom stereocenters. The standard InChI is InChI=1S/C50H33N/c1-2-13-37-31-39(24-23-34(37)11-1)38-15-9-16-42(32-38)51(50-33-40-14-4-6-18-45(40)47-19-7-8-20-49(47)50)41-28-25-36(26-29-41)44-21-10-22-46-43-17-5-3-12-35(43)27-30-48(44)46/h1-33H. The molecule has 0 radical (unpaired) electrons. The van der Waals surface area contributed by atoms with Gasteiger partial charge in [0.1, 0.15) is 0 Å². The molecule has 0 aromatic heterocycles. The fraction of sp³-hybridized carbons (Fsp3) is 0. The first-order valence-corrected chi connectivity index (χ1v) is 17.6. The lowest BCUT2D eigenvalue weighted by Crippen LogP contribution is -2.10. The molecule has 0 aliphatic carbocycles. The number of nitrogens with zero attached hydrogens (tertiary/aromatic N) is 1. The Bertz CT molecular complexity index is 2920. The monoisotopic (exact) mass is 647 g/mol. The van der Waals surface area contributed by atoms with Gasteiger partial charge in [0.25, 0.3) is 0 Å². The Kier molecular flexibility index (Phi) is 6.89. The van der Waals surface area contributed by atoms with E-state index in [-0.39, 0.29) is 0 Å². The molecule has 51 heavy (non-hydrogen) atoms. The van der Waals surface area contributed by atoms with Crippen LogP contribution in [0.15, 0.2) is 200 Å². The molecule has 10 aromatic rings. The van der Waals surface area contributed by atoms with E-state index in [9.17, 15) is 0 Å². The van der Waals surface area contributed by atoms with Gasteiger partial charge in [-0.1, -0.05) is 164 Å². The summed E-state index contributed by atoms with van der Waals surface area (Å²) in [6.45, 7) is 0. The first-order valence-electron chi connectivity index (χ1n) is 17.6. The normalized spacial score (nSPS) is 11.5. The van der Waals surface area contributed by atoms with Crippen LogP contribution in [0, 0.1) is 0 Å². The van der Waals surface area contributed by atoms with Crippen LogP contribution in [0.2, 0.25) is 0 Å². The zero-order valence-electron chi connectivity index (χ0n) is 28.0. The van der Waals surface area contributed by atoms with Crippen molar-refractivity contribution in [3.63, 3.8) is 0 Å². The number of anilines is 3. The van der Waals surface area contributed by atoms with E-state index >= 15 is 0 Å². The first kappa shape index (κ1) is 29.2. The molecule has 0 N–H and O–H groups in total. The van der Waals surface area contributed by atoms with E-state index in [2.05, 4.69) is 205 Å². The predicted molar refractivity (Wildman–Crippen MR) is 220 cm³/mol. The molecule has 238 valence electrons. The molecule has 0 amide bonds. The second kappa shape index (κ2) is 12.0. The average Bonchev–Trinajstić information content (AvgIpc) is 3.21. The highest BCUT2D eigenvalue weighted by molar-refractivity contribution is 6.15. The summed E-state index contributed by atoms with van der Waals surface area (Å²) in [5, 5.41) is 12.6. The zero-order valence-corrected chi connectivity index (χ0v) is 28.0. The molecule has 0 atom stereocenters. The average molecular weight is 648 g/mol. The summed E-state index contributed by atoms with van der Waals surface area (Å²) in [4.78, 5) is 2.43. The van der Waals surface area contributed by atoms with Crippen molar-refractivity contribution < 1.29 is 0 Å². The largest absolute Gasteiger partial charge is 0.310 e. The van der Waals surface area contributed by atoms with Gasteiger partial charge in [0.05, 0.1) is 5.69 Å². The fourth-order valence-corrected chi connectivity index (χ4v) is 7.92. The number of benzene rings is 10. The second-order valence-electron chi connectivity index (χ2n) is 13.3. The Morgan fingerprint density at radius 3 is 1.65 bits per heavy atom. The first-order chi connectivity index (χ1) is 25.3. The Labute approximate surface area is 297 Å². The number of fused-ring (bicyclic) bond motifs is 7. The van der Waals surface area contributed by atoms with Crippen LogP contribution in [0.5, 0.6) is 0 Å². The van der Waals surface area contributed by atoms with Crippen molar-refractivity contribution in [2.45, 2.75) is 0 Å². The molecule has 0 aliphatic rings. The maximum atomic E-state index is 2.43. The van der Waals surface area contributed by atoms with Crippen molar-refractivity contribution in [2.75, 3.05) is 4.90 Å². The third kappa shape index (κ3) is 5.02. The molecule has 0 heterocycles. The molecule has 10 rings (SSSR count). The van der Waals surface area contributed by atoms with E-state index in [1.807, 2.05) is 0 Å². The van der Waals surface area contributed by atoms with Crippen LogP contribution in [0.1, 0.15) is 0 Å². The van der Waals surface area contributed by atoms with E-state index in [4.69, 9.17) is 0 Å². The summed E-state index contributed by atoms with van der Waals surface area (Å²) in [5.74, 6) is 0. The minimum Gasteiger partial charge on any atom is -0.310 e. The summed E-state index contributed by atoms with van der Waals surface area (Å²) in [5.41, 5.74) is 8.22. The van der Waals surface area contributed by atoms with Crippen molar-refractivity contribution in [3.05, 3.63) is 200 Å². The van der Waals surface area contributed by atoms with Crippen LogP contribution in [-0.4, -0.2) is 0 Å². The zero-order chi connectivity index (χ0) is 33.7. The van der Waals surface area contributed by atoms with Gasteiger partial charge in [0, 0.05) is 16.8 Å². The van der Waals surface area contributed by atoms with Crippen LogP contribution in [-0.2, 0) is 0 Å². The van der Waals surface area contributed by atoms with Gasteiger partial charge in [-0.3, -0.25) is 0 Å². The van der Waals surface area contributed by atoms with Gasteiger partial charge in [0.15, 0.2) is 0 Å². The molecule has 10 aromatic carbocycles. The SMILES string of the molecule is c1cc(-c2ccc3ccccc3c2)cc(N(c2ccc(-c3cccc4c3ccc3ccccc34)cc2)c2cc3ccccc3c3ccccc23)c1. The smallest absolute Gasteiger partial charge is 0.0546 e. The van der Waals surface area contributed by atoms with Crippen LogP contribution < -0.4 is 4.90 Å². The van der Waals surface area contributed by atoms with Gasteiger partial charge in [-0.2, -0.15) is 0 Å². The predicted octanol–water partition coefficient (Wildman–Crippen LogP) is 14.3. The molecule has 1 nitrogen and oxygen atoms in total. The van der Waals surface area contributed by atoms with Crippen molar-refractivity contribution in [1.82, 2.24) is 0 Å². The minimum absolute atomic E-state index is 1.11. The molecule has 0 bridgehead atoms. The topological polar surface area (TPSA) is 3.24 Å². The molecular weight excluding hydrogens is 615 g/mol. The van der Waals surface area contributed by atoms with E-state index in [1.165, 1.54) is 76.1 Å². The molecule has 0 spiro atoms. The van der Waals surface area contributed by atoms with Gasteiger partial charge < -0.3 is 4.90 Å². The minimum atomic E-state index is 1.11. The molecule has 0 saturated heterocycles. The lowest BCUT2D eigenvalue weighted by Gasteiger charge is -2.28. The lowest BCUT2D eigenvalue weighted by molar-refractivity contribution is 1.30. The second-order valence-corrected chi connectivity index (χ2v) is 13.3. The summed E-state index contributed by atoms with van der Waals surface area (Å²) in [7, 11) is 0. The summed E-state index contributed by atoms with van der Waals surface area (Å²) in [6, 6.07) is 73.1. The lowest BCUT2D eigenvalue weighted by atomic mass is 9.94. The van der Waals surface area contributed by atoms with Crippen molar-refractivity contribution >= 4 is 70.9 Å². The van der Waals surface area contributed by atoms with E-state index in [0.717, 1.165) is 17.1 Å². The highest BCUT2D eigenvalue weighted by atomic mass is 15.1. The third-order valence-corrected chi connectivity index (χ3v) is 10.4. The van der Waals surface area contributed by atoms with Crippen molar-refractivity contribution in [3.8, 4) is 22.3 Å². The van der Waals surface area contributed by atoms with Gasteiger partial charge in [-0.25, -0.2) is 0 Å². The fourth-order valence-electron chi connectivity index (χ4n) is 7.92. The quantitative estimate of drug-likeness (QED) is 0.168.